The molecule has 60 valence electrons. The summed E-state index contributed by atoms with van der Waals surface area (Å²) in [6.45, 7) is 4.50. The van der Waals surface area contributed by atoms with Crippen LogP contribution in [-0.4, -0.2) is 23.7 Å². The van der Waals surface area contributed by atoms with Gasteiger partial charge in [-0.05, 0) is 20.8 Å². The fourth-order valence-electron chi connectivity index (χ4n) is 0.332. The molecule has 0 rings (SSSR count). The molecule has 1 N–H and O–H groups in total. The number of aliphatic hydroxyl groups is 1. The van der Waals surface area contributed by atoms with Gasteiger partial charge in [0.1, 0.15) is 5.60 Å². The molecular weight excluding hydrogens is 136 g/mol. The van der Waals surface area contributed by atoms with Crippen molar-refractivity contribution in [1.29, 1.82) is 0 Å². The predicted octanol–water partition coefficient (Wildman–Crippen LogP) is 0.888. The number of rotatable bonds is 1. The number of hydrogen-bond donors (Lipinski definition) is 1. The molecule has 0 atom stereocenters. The van der Waals surface area contributed by atoms with E-state index in [0.717, 1.165) is 0 Å². The Kier molecular flexibility index (Phi) is 3.15. The summed E-state index contributed by atoms with van der Waals surface area (Å²) in [5, 5.41) is 8.11. The van der Waals surface area contributed by atoms with Crippen molar-refractivity contribution in [2.75, 3.05) is 6.79 Å². The Balaban J connectivity index is 3.58. The minimum absolute atomic E-state index is 0.563. The number of aliphatic hydroxyl groups excluding tert-OH is 1. The van der Waals surface area contributed by atoms with Crippen LogP contribution in [-0.2, 0) is 9.47 Å². The zero-order valence-electron chi connectivity index (χ0n) is 6.38. The first kappa shape index (κ1) is 9.23. The molecule has 0 saturated carbocycles. The summed E-state index contributed by atoms with van der Waals surface area (Å²) >= 11 is 0. The molecule has 4 nitrogen and oxygen atoms in total. The van der Waals surface area contributed by atoms with Crippen LogP contribution in [0.2, 0.25) is 0 Å². The number of hydrogen-bond acceptors (Lipinski definition) is 4. The SMILES string of the molecule is CC(C)(C)OC(=O)OCO. The monoisotopic (exact) mass is 148 g/mol. The summed E-state index contributed by atoms with van der Waals surface area (Å²) in [7, 11) is 0. The number of carbonyl (C=O) groups is 1. The van der Waals surface area contributed by atoms with Crippen molar-refractivity contribution in [3.63, 3.8) is 0 Å². The largest absolute Gasteiger partial charge is 0.510 e. The minimum Gasteiger partial charge on any atom is -0.429 e. The lowest BCUT2D eigenvalue weighted by molar-refractivity contribution is -0.0426. The lowest BCUT2D eigenvalue weighted by atomic mass is 10.2. The van der Waals surface area contributed by atoms with E-state index in [1.54, 1.807) is 20.8 Å². The van der Waals surface area contributed by atoms with Crippen molar-refractivity contribution in [2.45, 2.75) is 26.4 Å². The molecular formula is C6H12O4. The molecule has 0 amide bonds. The van der Waals surface area contributed by atoms with E-state index in [4.69, 9.17) is 5.11 Å². The third-order valence-electron chi connectivity index (χ3n) is 0.572. The maximum absolute atomic E-state index is 10.5. The average Bonchev–Trinajstić information content (AvgIpc) is 1.59. The summed E-state index contributed by atoms with van der Waals surface area (Å²) < 4.78 is 8.77. The maximum atomic E-state index is 10.5. The van der Waals surface area contributed by atoms with Crippen molar-refractivity contribution >= 4 is 6.16 Å². The van der Waals surface area contributed by atoms with E-state index in [0.29, 0.717) is 0 Å². The lowest BCUT2D eigenvalue weighted by Gasteiger charge is -2.17. The van der Waals surface area contributed by atoms with Crippen molar-refractivity contribution in [1.82, 2.24) is 0 Å². The zero-order chi connectivity index (χ0) is 8.20. The van der Waals surface area contributed by atoms with Gasteiger partial charge in [-0.25, -0.2) is 4.79 Å². The molecule has 0 aliphatic carbocycles. The predicted molar refractivity (Wildman–Crippen MR) is 34.4 cm³/mol. The van der Waals surface area contributed by atoms with Gasteiger partial charge in [0.15, 0.2) is 6.79 Å². The fraction of sp³-hybridized carbons (Fsp3) is 0.833. The molecule has 0 aromatic carbocycles. The summed E-state index contributed by atoms with van der Waals surface area (Å²) in [6, 6.07) is 0. The van der Waals surface area contributed by atoms with Crippen LogP contribution in [0.5, 0.6) is 0 Å². The van der Waals surface area contributed by atoms with Crippen molar-refractivity contribution in [2.24, 2.45) is 0 Å². The molecule has 0 radical (unpaired) electrons. The van der Waals surface area contributed by atoms with E-state index in [1.807, 2.05) is 0 Å². The first-order valence-electron chi connectivity index (χ1n) is 2.92. The number of carbonyl (C=O) groups excluding carboxylic acids is 1. The third kappa shape index (κ3) is 5.37. The van der Waals surface area contributed by atoms with E-state index < -0.39 is 18.5 Å². The Hall–Kier alpha value is -0.770. The second-order valence-corrected chi connectivity index (χ2v) is 2.74. The second kappa shape index (κ2) is 3.41. The van der Waals surface area contributed by atoms with Crippen molar-refractivity contribution in [3.8, 4) is 0 Å². The first-order valence-corrected chi connectivity index (χ1v) is 2.92. The molecule has 0 fully saturated rings. The summed E-state index contributed by atoms with van der Waals surface area (Å²) in [6.07, 6.45) is -0.852. The van der Waals surface area contributed by atoms with E-state index >= 15 is 0 Å². The van der Waals surface area contributed by atoms with E-state index in [9.17, 15) is 4.79 Å². The summed E-state index contributed by atoms with van der Waals surface area (Å²) in [5.41, 5.74) is -0.563. The Bertz CT molecular complexity index is 113. The van der Waals surface area contributed by atoms with Crippen LogP contribution < -0.4 is 0 Å². The van der Waals surface area contributed by atoms with Gasteiger partial charge in [-0.15, -0.1) is 0 Å². The molecule has 0 spiro atoms. The van der Waals surface area contributed by atoms with Crippen LogP contribution >= 0.6 is 0 Å². The van der Waals surface area contributed by atoms with E-state index in [1.165, 1.54) is 0 Å². The highest BCUT2D eigenvalue weighted by molar-refractivity contribution is 5.60. The maximum Gasteiger partial charge on any atom is 0.510 e. The van der Waals surface area contributed by atoms with Crippen molar-refractivity contribution < 1.29 is 19.4 Å². The second-order valence-electron chi connectivity index (χ2n) is 2.74. The van der Waals surface area contributed by atoms with Gasteiger partial charge in [-0.3, -0.25) is 0 Å². The molecule has 0 aliphatic heterocycles. The Morgan fingerprint density at radius 1 is 1.50 bits per heavy atom. The lowest BCUT2D eigenvalue weighted by Crippen LogP contribution is -2.24. The third-order valence-corrected chi connectivity index (χ3v) is 0.572. The highest BCUT2D eigenvalue weighted by Crippen LogP contribution is 2.07. The standard InChI is InChI=1S/C6H12O4/c1-6(2,3)10-5(8)9-4-7/h7H,4H2,1-3H3. The molecule has 10 heavy (non-hydrogen) atoms. The van der Waals surface area contributed by atoms with E-state index in [2.05, 4.69) is 9.47 Å². The van der Waals surface area contributed by atoms with Gasteiger partial charge < -0.3 is 14.6 Å². The van der Waals surface area contributed by atoms with Crippen LogP contribution in [0.15, 0.2) is 0 Å². The first-order chi connectivity index (χ1) is 4.45. The normalized spacial score (nSPS) is 10.8. The highest BCUT2D eigenvalue weighted by atomic mass is 16.8. The molecule has 0 aromatic rings. The summed E-state index contributed by atoms with van der Waals surface area (Å²) in [5.74, 6) is 0. The Labute approximate surface area is 59.7 Å². The van der Waals surface area contributed by atoms with Gasteiger partial charge in [0.25, 0.3) is 0 Å². The fourth-order valence-corrected chi connectivity index (χ4v) is 0.332. The van der Waals surface area contributed by atoms with Crippen LogP contribution in [0.1, 0.15) is 20.8 Å². The molecule has 0 unspecified atom stereocenters. The van der Waals surface area contributed by atoms with Gasteiger partial charge in [0.05, 0.1) is 0 Å². The quantitative estimate of drug-likeness (QED) is 0.443. The molecule has 0 heterocycles. The van der Waals surface area contributed by atoms with Crippen LogP contribution in [0, 0.1) is 0 Å². The van der Waals surface area contributed by atoms with Crippen LogP contribution in [0.25, 0.3) is 0 Å². The minimum atomic E-state index is -0.852. The van der Waals surface area contributed by atoms with E-state index in [-0.39, 0.29) is 0 Å². The van der Waals surface area contributed by atoms with Crippen LogP contribution in [0.3, 0.4) is 0 Å². The Morgan fingerprint density at radius 3 is 2.30 bits per heavy atom. The van der Waals surface area contributed by atoms with Gasteiger partial charge in [0, 0.05) is 0 Å². The molecule has 0 bridgehead atoms. The molecule has 0 saturated heterocycles. The smallest absolute Gasteiger partial charge is 0.429 e. The van der Waals surface area contributed by atoms with Gasteiger partial charge in [0.2, 0.25) is 0 Å². The van der Waals surface area contributed by atoms with Gasteiger partial charge >= 0.3 is 6.16 Å². The highest BCUT2D eigenvalue weighted by Gasteiger charge is 2.16. The van der Waals surface area contributed by atoms with Crippen molar-refractivity contribution in [3.05, 3.63) is 0 Å². The van der Waals surface area contributed by atoms with Gasteiger partial charge in [-0.1, -0.05) is 0 Å². The van der Waals surface area contributed by atoms with Gasteiger partial charge in [-0.2, -0.15) is 0 Å². The molecule has 0 aliphatic rings. The Morgan fingerprint density at radius 2 is 2.00 bits per heavy atom. The number of ether oxygens (including phenoxy) is 2. The zero-order valence-corrected chi connectivity index (χ0v) is 6.38. The summed E-state index contributed by atoms with van der Waals surface area (Å²) in [4.78, 5) is 10.5. The average molecular weight is 148 g/mol. The van der Waals surface area contributed by atoms with Crippen LogP contribution in [0.4, 0.5) is 4.79 Å². The molecule has 4 heteroatoms. The molecule has 0 aromatic heterocycles. The topological polar surface area (TPSA) is 55.8 Å².